The number of ether oxygens (including phenoxy) is 1. The van der Waals surface area contributed by atoms with E-state index in [0.29, 0.717) is 5.75 Å². The summed E-state index contributed by atoms with van der Waals surface area (Å²) in [5.41, 5.74) is 4.88. The molecule has 2 aromatic carbocycles. The van der Waals surface area contributed by atoms with Gasteiger partial charge in [0.1, 0.15) is 18.2 Å². The Morgan fingerprint density at radius 2 is 1.69 bits per heavy atom. The SMILES string of the molecule is NCC=C(F)COc1ccc(C(=O)Nc2ccc(C(F)(F)F)cc2)cc1. The highest BCUT2D eigenvalue weighted by atomic mass is 19.4. The van der Waals surface area contributed by atoms with E-state index in [1.54, 1.807) is 0 Å². The second-order valence-electron chi connectivity index (χ2n) is 5.23. The van der Waals surface area contributed by atoms with Gasteiger partial charge in [-0.2, -0.15) is 13.2 Å². The number of carbonyl (C=O) groups is 1. The van der Waals surface area contributed by atoms with Crippen LogP contribution >= 0.6 is 0 Å². The number of rotatable bonds is 6. The number of alkyl halides is 3. The maximum atomic E-state index is 13.2. The lowest BCUT2D eigenvalue weighted by molar-refractivity contribution is -0.137. The summed E-state index contributed by atoms with van der Waals surface area (Å²) in [6.45, 7) is -0.202. The summed E-state index contributed by atoms with van der Waals surface area (Å²) >= 11 is 0. The second-order valence-corrected chi connectivity index (χ2v) is 5.23. The molecule has 4 nitrogen and oxygen atoms in total. The Hall–Kier alpha value is -2.87. The van der Waals surface area contributed by atoms with Gasteiger partial charge in [-0.15, -0.1) is 0 Å². The lowest BCUT2D eigenvalue weighted by Crippen LogP contribution is -2.12. The Bertz CT molecular complexity index is 769. The Morgan fingerprint density at radius 1 is 1.08 bits per heavy atom. The molecule has 0 fully saturated rings. The van der Waals surface area contributed by atoms with Crippen molar-refractivity contribution in [3.05, 3.63) is 71.6 Å². The molecule has 0 spiro atoms. The molecule has 0 heterocycles. The standard InChI is InChI=1S/C18H16F4N2O2/c19-14(9-10-23)11-26-16-7-1-12(2-8-16)17(25)24-15-5-3-13(4-6-15)18(20,21)22/h1-9H,10-11,23H2,(H,24,25). The fourth-order valence-electron chi connectivity index (χ4n) is 1.99. The molecule has 0 aliphatic heterocycles. The summed E-state index contributed by atoms with van der Waals surface area (Å²) in [6.07, 6.45) is -3.25. The number of hydrogen-bond donors (Lipinski definition) is 2. The van der Waals surface area contributed by atoms with Gasteiger partial charge in [0.05, 0.1) is 5.56 Å². The molecule has 0 saturated heterocycles. The summed E-state index contributed by atoms with van der Waals surface area (Å²) < 4.78 is 55.9. The third kappa shape index (κ3) is 5.59. The van der Waals surface area contributed by atoms with Crippen LogP contribution in [0, 0.1) is 0 Å². The summed E-state index contributed by atoms with van der Waals surface area (Å²) in [7, 11) is 0. The van der Waals surface area contributed by atoms with Crippen molar-refractivity contribution < 1.29 is 27.1 Å². The van der Waals surface area contributed by atoms with Crippen molar-refractivity contribution in [1.29, 1.82) is 0 Å². The van der Waals surface area contributed by atoms with Gasteiger partial charge in [0.2, 0.25) is 0 Å². The summed E-state index contributed by atoms with van der Waals surface area (Å²) in [4.78, 5) is 12.1. The third-order valence-corrected chi connectivity index (χ3v) is 3.30. The Morgan fingerprint density at radius 3 is 2.23 bits per heavy atom. The molecule has 0 aromatic heterocycles. The average molecular weight is 368 g/mol. The molecule has 0 atom stereocenters. The minimum absolute atomic E-state index is 0.0677. The maximum absolute atomic E-state index is 13.2. The molecule has 0 saturated carbocycles. The Kier molecular flexibility index (Phi) is 6.35. The molecule has 8 heteroatoms. The van der Waals surface area contributed by atoms with Crippen molar-refractivity contribution in [2.75, 3.05) is 18.5 Å². The van der Waals surface area contributed by atoms with Gasteiger partial charge in [-0.25, -0.2) is 4.39 Å². The number of nitrogens with one attached hydrogen (secondary N) is 1. The fourth-order valence-corrected chi connectivity index (χ4v) is 1.99. The monoisotopic (exact) mass is 368 g/mol. The molecule has 3 N–H and O–H groups in total. The largest absolute Gasteiger partial charge is 0.487 e. The zero-order valence-corrected chi connectivity index (χ0v) is 13.5. The molecule has 0 bridgehead atoms. The first-order valence-electron chi connectivity index (χ1n) is 7.55. The van der Waals surface area contributed by atoms with Gasteiger partial charge in [-0.05, 0) is 54.6 Å². The van der Waals surface area contributed by atoms with Gasteiger partial charge in [0.25, 0.3) is 5.91 Å². The quantitative estimate of drug-likeness (QED) is 0.753. The second kappa shape index (κ2) is 8.48. The molecular formula is C18H16F4N2O2. The van der Waals surface area contributed by atoms with E-state index in [4.69, 9.17) is 10.5 Å². The summed E-state index contributed by atoms with van der Waals surface area (Å²) in [6, 6.07) is 9.99. The molecule has 138 valence electrons. The number of amides is 1. The van der Waals surface area contributed by atoms with Crippen LogP contribution in [0.25, 0.3) is 0 Å². The minimum Gasteiger partial charge on any atom is -0.487 e. The van der Waals surface area contributed by atoms with Crippen LogP contribution in [0.4, 0.5) is 23.2 Å². The van der Waals surface area contributed by atoms with Crippen LogP contribution in [0.5, 0.6) is 5.75 Å². The van der Waals surface area contributed by atoms with Crippen LogP contribution in [0.3, 0.4) is 0 Å². The van der Waals surface area contributed by atoms with Gasteiger partial charge in [-0.3, -0.25) is 4.79 Å². The number of halogens is 4. The predicted molar refractivity (Wildman–Crippen MR) is 89.6 cm³/mol. The van der Waals surface area contributed by atoms with E-state index in [2.05, 4.69) is 5.32 Å². The van der Waals surface area contributed by atoms with E-state index in [9.17, 15) is 22.4 Å². The van der Waals surface area contributed by atoms with Gasteiger partial charge < -0.3 is 15.8 Å². The zero-order valence-electron chi connectivity index (χ0n) is 13.5. The van der Waals surface area contributed by atoms with E-state index < -0.39 is 23.5 Å². The van der Waals surface area contributed by atoms with Gasteiger partial charge in [0.15, 0.2) is 0 Å². The van der Waals surface area contributed by atoms with Crippen molar-refractivity contribution in [3.8, 4) is 5.75 Å². The molecule has 26 heavy (non-hydrogen) atoms. The van der Waals surface area contributed by atoms with Crippen LogP contribution in [0.15, 0.2) is 60.4 Å². The molecule has 2 aromatic rings. The molecule has 2 rings (SSSR count). The molecule has 0 aliphatic carbocycles. The third-order valence-electron chi connectivity index (χ3n) is 3.30. The van der Waals surface area contributed by atoms with Crippen molar-refractivity contribution in [1.82, 2.24) is 0 Å². The van der Waals surface area contributed by atoms with Crippen LogP contribution < -0.4 is 15.8 Å². The van der Waals surface area contributed by atoms with Crippen molar-refractivity contribution in [3.63, 3.8) is 0 Å². The topological polar surface area (TPSA) is 64.3 Å². The van der Waals surface area contributed by atoms with Crippen LogP contribution in [-0.4, -0.2) is 19.1 Å². The van der Waals surface area contributed by atoms with E-state index in [1.165, 1.54) is 42.5 Å². The first-order chi connectivity index (χ1) is 12.3. The van der Waals surface area contributed by atoms with Gasteiger partial charge >= 0.3 is 6.18 Å². The Labute approximate surface area is 147 Å². The van der Waals surface area contributed by atoms with E-state index in [0.717, 1.165) is 12.1 Å². The lowest BCUT2D eigenvalue weighted by atomic mass is 10.1. The Balaban J connectivity index is 1.96. The molecule has 0 aliphatic rings. The van der Waals surface area contributed by atoms with Crippen molar-refractivity contribution in [2.45, 2.75) is 6.18 Å². The molecule has 0 radical (unpaired) electrons. The zero-order chi connectivity index (χ0) is 19.2. The maximum Gasteiger partial charge on any atom is 0.416 e. The summed E-state index contributed by atoms with van der Waals surface area (Å²) in [5, 5.41) is 2.49. The van der Waals surface area contributed by atoms with Crippen LogP contribution in [0.1, 0.15) is 15.9 Å². The van der Waals surface area contributed by atoms with Crippen LogP contribution in [-0.2, 0) is 6.18 Å². The van der Waals surface area contributed by atoms with Crippen LogP contribution in [0.2, 0.25) is 0 Å². The van der Waals surface area contributed by atoms with Crippen molar-refractivity contribution in [2.24, 2.45) is 5.73 Å². The number of nitrogens with two attached hydrogens (primary N) is 1. The number of anilines is 1. The molecule has 0 unspecified atom stereocenters. The highest BCUT2D eigenvalue weighted by Gasteiger charge is 2.29. The van der Waals surface area contributed by atoms with Crippen molar-refractivity contribution >= 4 is 11.6 Å². The lowest BCUT2D eigenvalue weighted by Gasteiger charge is -2.09. The van der Waals surface area contributed by atoms with E-state index in [1.807, 2.05) is 0 Å². The highest BCUT2D eigenvalue weighted by Crippen LogP contribution is 2.29. The molecular weight excluding hydrogens is 352 g/mol. The first kappa shape index (κ1) is 19.5. The predicted octanol–water partition coefficient (Wildman–Crippen LogP) is 4.15. The van der Waals surface area contributed by atoms with Gasteiger partial charge in [0, 0.05) is 17.8 Å². The fraction of sp³-hybridized carbons (Fsp3) is 0.167. The number of carbonyl (C=O) groups excluding carboxylic acids is 1. The normalized spacial score (nSPS) is 12.0. The number of hydrogen-bond acceptors (Lipinski definition) is 3. The summed E-state index contributed by atoms with van der Waals surface area (Å²) in [5.74, 6) is -0.640. The minimum atomic E-state index is -4.43. The highest BCUT2D eigenvalue weighted by molar-refractivity contribution is 6.04. The van der Waals surface area contributed by atoms with Gasteiger partial charge in [-0.1, -0.05) is 0 Å². The van der Waals surface area contributed by atoms with E-state index in [-0.39, 0.29) is 24.4 Å². The average Bonchev–Trinajstić information content (AvgIpc) is 2.60. The smallest absolute Gasteiger partial charge is 0.416 e. The molecule has 1 amide bonds. The van der Waals surface area contributed by atoms with E-state index >= 15 is 0 Å². The number of benzene rings is 2. The first-order valence-corrected chi connectivity index (χ1v) is 7.55.